The smallest absolute Gasteiger partial charge is 0.0931 e. The number of nitrogens with zero attached hydrogens (tertiary/aromatic N) is 1. The van der Waals surface area contributed by atoms with Gasteiger partial charge < -0.3 is 5.73 Å². The second-order valence-electron chi connectivity index (χ2n) is 3.83. The van der Waals surface area contributed by atoms with Gasteiger partial charge in [-0.3, -0.25) is 4.90 Å². The third kappa shape index (κ3) is 2.48. The van der Waals surface area contributed by atoms with Gasteiger partial charge in [-0.15, -0.1) is 11.3 Å². The zero-order chi connectivity index (χ0) is 9.97. The van der Waals surface area contributed by atoms with Crippen molar-refractivity contribution in [2.24, 2.45) is 11.7 Å². The van der Waals surface area contributed by atoms with E-state index in [9.17, 15) is 0 Å². The van der Waals surface area contributed by atoms with Crippen LogP contribution in [0.3, 0.4) is 0 Å². The minimum Gasteiger partial charge on any atom is -0.330 e. The van der Waals surface area contributed by atoms with Crippen molar-refractivity contribution in [1.29, 1.82) is 0 Å². The van der Waals surface area contributed by atoms with Gasteiger partial charge in [-0.25, -0.2) is 0 Å². The fourth-order valence-electron chi connectivity index (χ4n) is 1.91. The summed E-state index contributed by atoms with van der Waals surface area (Å²) in [7, 11) is 0. The summed E-state index contributed by atoms with van der Waals surface area (Å²) in [6.07, 6.45) is 1.25. The molecule has 0 saturated carbocycles. The van der Waals surface area contributed by atoms with E-state index in [0.717, 1.165) is 24.0 Å². The van der Waals surface area contributed by atoms with Crippen LogP contribution >= 0.6 is 22.9 Å². The van der Waals surface area contributed by atoms with Gasteiger partial charge in [0.05, 0.1) is 4.34 Å². The summed E-state index contributed by atoms with van der Waals surface area (Å²) in [5.41, 5.74) is 5.65. The first-order valence-corrected chi connectivity index (χ1v) is 6.14. The molecule has 78 valence electrons. The summed E-state index contributed by atoms with van der Waals surface area (Å²) in [4.78, 5) is 3.81. The molecule has 1 aliphatic heterocycles. The van der Waals surface area contributed by atoms with Crippen molar-refractivity contribution in [3.8, 4) is 0 Å². The van der Waals surface area contributed by atoms with Crippen LogP contribution in [0.25, 0.3) is 0 Å². The molecule has 1 aliphatic rings. The quantitative estimate of drug-likeness (QED) is 0.863. The van der Waals surface area contributed by atoms with Gasteiger partial charge in [0.25, 0.3) is 0 Å². The van der Waals surface area contributed by atoms with Crippen LogP contribution in [0, 0.1) is 5.92 Å². The van der Waals surface area contributed by atoms with Crippen molar-refractivity contribution >= 4 is 22.9 Å². The molecule has 1 atom stereocenters. The molecule has 2 rings (SSSR count). The number of nitrogens with two attached hydrogens (primary N) is 1. The van der Waals surface area contributed by atoms with Gasteiger partial charge in [0.1, 0.15) is 0 Å². The molecule has 0 aromatic carbocycles. The van der Waals surface area contributed by atoms with Gasteiger partial charge in [-0.05, 0) is 37.6 Å². The lowest BCUT2D eigenvalue weighted by Gasteiger charge is -2.13. The maximum Gasteiger partial charge on any atom is 0.0931 e. The minimum absolute atomic E-state index is 0.699. The van der Waals surface area contributed by atoms with Crippen LogP contribution in [-0.4, -0.2) is 24.5 Å². The highest BCUT2D eigenvalue weighted by molar-refractivity contribution is 7.16. The Hall–Kier alpha value is -0.0900. The Balaban J connectivity index is 1.87. The van der Waals surface area contributed by atoms with Crippen molar-refractivity contribution in [2.45, 2.75) is 13.0 Å². The van der Waals surface area contributed by atoms with Gasteiger partial charge >= 0.3 is 0 Å². The van der Waals surface area contributed by atoms with Crippen LogP contribution in [0.5, 0.6) is 0 Å². The summed E-state index contributed by atoms with van der Waals surface area (Å²) in [6, 6.07) is 4.08. The Morgan fingerprint density at radius 3 is 3.00 bits per heavy atom. The highest BCUT2D eigenvalue weighted by Gasteiger charge is 2.21. The molecule has 14 heavy (non-hydrogen) atoms. The lowest BCUT2D eigenvalue weighted by Crippen LogP contribution is -2.22. The van der Waals surface area contributed by atoms with Crippen LogP contribution < -0.4 is 5.73 Å². The zero-order valence-corrected chi connectivity index (χ0v) is 9.65. The molecule has 2 heterocycles. The average molecular weight is 231 g/mol. The van der Waals surface area contributed by atoms with E-state index in [1.165, 1.54) is 17.8 Å². The van der Waals surface area contributed by atoms with Gasteiger partial charge in [-0.2, -0.15) is 0 Å². The summed E-state index contributed by atoms with van der Waals surface area (Å²) in [5.74, 6) is 0.699. The molecule has 0 radical (unpaired) electrons. The fraction of sp³-hybridized carbons (Fsp3) is 0.600. The number of likely N-dealkylation sites (tertiary alicyclic amines) is 1. The Morgan fingerprint density at radius 2 is 2.43 bits per heavy atom. The van der Waals surface area contributed by atoms with Crippen molar-refractivity contribution in [3.63, 3.8) is 0 Å². The van der Waals surface area contributed by atoms with Crippen molar-refractivity contribution in [1.82, 2.24) is 4.90 Å². The molecular formula is C10H15ClN2S. The predicted octanol–water partition coefficient (Wildman–Crippen LogP) is 2.18. The second kappa shape index (κ2) is 4.62. The fourth-order valence-corrected chi connectivity index (χ4v) is 3.04. The van der Waals surface area contributed by atoms with Crippen LogP contribution in [-0.2, 0) is 6.54 Å². The third-order valence-electron chi connectivity index (χ3n) is 2.71. The van der Waals surface area contributed by atoms with E-state index in [1.807, 2.05) is 6.07 Å². The van der Waals surface area contributed by atoms with Crippen LogP contribution in [0.1, 0.15) is 11.3 Å². The molecule has 1 fully saturated rings. The van der Waals surface area contributed by atoms with Crippen molar-refractivity contribution < 1.29 is 0 Å². The zero-order valence-electron chi connectivity index (χ0n) is 8.08. The number of hydrogen-bond acceptors (Lipinski definition) is 3. The van der Waals surface area contributed by atoms with Gasteiger partial charge in [0.15, 0.2) is 0 Å². The molecule has 0 bridgehead atoms. The highest BCUT2D eigenvalue weighted by atomic mass is 35.5. The van der Waals surface area contributed by atoms with E-state index in [-0.39, 0.29) is 0 Å². The van der Waals surface area contributed by atoms with Gasteiger partial charge in [0, 0.05) is 18.0 Å². The van der Waals surface area contributed by atoms with E-state index in [0.29, 0.717) is 5.92 Å². The molecule has 0 amide bonds. The Morgan fingerprint density at radius 1 is 1.57 bits per heavy atom. The van der Waals surface area contributed by atoms with Gasteiger partial charge in [-0.1, -0.05) is 11.6 Å². The minimum atomic E-state index is 0.699. The van der Waals surface area contributed by atoms with Crippen LogP contribution in [0.2, 0.25) is 4.34 Å². The molecule has 2 nitrogen and oxygen atoms in total. The normalized spacial score (nSPS) is 23.1. The lowest BCUT2D eigenvalue weighted by atomic mass is 10.1. The second-order valence-corrected chi connectivity index (χ2v) is 5.63. The van der Waals surface area contributed by atoms with Gasteiger partial charge in [0.2, 0.25) is 0 Å². The van der Waals surface area contributed by atoms with E-state index in [1.54, 1.807) is 11.3 Å². The van der Waals surface area contributed by atoms with Crippen LogP contribution in [0.4, 0.5) is 0 Å². The lowest BCUT2D eigenvalue weighted by molar-refractivity contribution is 0.320. The summed E-state index contributed by atoms with van der Waals surface area (Å²) in [6.45, 7) is 4.18. The van der Waals surface area contributed by atoms with E-state index in [4.69, 9.17) is 17.3 Å². The maximum absolute atomic E-state index is 5.88. The van der Waals surface area contributed by atoms with Crippen molar-refractivity contribution in [2.75, 3.05) is 19.6 Å². The molecule has 1 aromatic rings. The Bertz CT molecular complexity index is 300. The Kier molecular flexibility index (Phi) is 3.44. The van der Waals surface area contributed by atoms with E-state index in [2.05, 4.69) is 11.0 Å². The monoisotopic (exact) mass is 230 g/mol. The number of hydrogen-bond donors (Lipinski definition) is 1. The number of halogens is 1. The number of rotatable bonds is 3. The maximum atomic E-state index is 5.88. The first-order valence-electron chi connectivity index (χ1n) is 4.94. The largest absolute Gasteiger partial charge is 0.330 e. The third-order valence-corrected chi connectivity index (χ3v) is 3.93. The standard InChI is InChI=1S/C10H15ClN2S/c11-10-2-1-9(14-10)7-13-4-3-8(5-12)6-13/h1-2,8H,3-7,12H2/t8-/m1/s1. The molecule has 4 heteroatoms. The molecule has 2 N–H and O–H groups in total. The molecule has 1 aromatic heterocycles. The first-order chi connectivity index (χ1) is 6.78. The Labute approximate surface area is 93.7 Å². The molecule has 1 saturated heterocycles. The molecule has 0 unspecified atom stereocenters. The molecule has 0 spiro atoms. The molecular weight excluding hydrogens is 216 g/mol. The van der Waals surface area contributed by atoms with Crippen molar-refractivity contribution in [3.05, 3.63) is 21.3 Å². The summed E-state index contributed by atoms with van der Waals surface area (Å²) >= 11 is 7.56. The topological polar surface area (TPSA) is 29.3 Å². The summed E-state index contributed by atoms with van der Waals surface area (Å²) in [5, 5.41) is 0. The molecule has 0 aliphatic carbocycles. The summed E-state index contributed by atoms with van der Waals surface area (Å²) < 4.78 is 0.884. The van der Waals surface area contributed by atoms with E-state index >= 15 is 0 Å². The number of thiophene rings is 1. The average Bonchev–Trinajstić information content (AvgIpc) is 2.76. The highest BCUT2D eigenvalue weighted by Crippen LogP contribution is 2.25. The predicted molar refractivity (Wildman–Crippen MR) is 61.8 cm³/mol. The first kappa shape index (κ1) is 10.4. The van der Waals surface area contributed by atoms with Crippen LogP contribution in [0.15, 0.2) is 12.1 Å². The van der Waals surface area contributed by atoms with E-state index < -0.39 is 0 Å². The SMILES string of the molecule is NC[C@H]1CCN(Cc2ccc(Cl)s2)C1.